The highest BCUT2D eigenvalue weighted by Crippen LogP contribution is 2.25. The van der Waals surface area contributed by atoms with Gasteiger partial charge in [0.1, 0.15) is 11.6 Å². The molecule has 0 saturated carbocycles. The van der Waals surface area contributed by atoms with Crippen LogP contribution in [-0.4, -0.2) is 26.2 Å². The molecule has 0 aliphatic rings. The van der Waals surface area contributed by atoms with Crippen molar-refractivity contribution in [2.24, 2.45) is 0 Å². The molecule has 2 aromatic rings. The number of halogens is 1. The van der Waals surface area contributed by atoms with E-state index in [9.17, 15) is 0 Å². The fourth-order valence-electron chi connectivity index (χ4n) is 2.17. The van der Waals surface area contributed by atoms with Crippen LogP contribution in [0.5, 0.6) is 5.75 Å². The zero-order valence-electron chi connectivity index (χ0n) is 12.6. The summed E-state index contributed by atoms with van der Waals surface area (Å²) in [4.78, 5) is 6.49. The maximum atomic E-state index is 6.33. The number of nitrogens with one attached hydrogen (secondary N) is 1. The van der Waals surface area contributed by atoms with Crippen molar-refractivity contribution >= 4 is 17.4 Å². The highest BCUT2D eigenvalue weighted by molar-refractivity contribution is 6.33. The van der Waals surface area contributed by atoms with Gasteiger partial charge in [0, 0.05) is 26.3 Å². The third-order valence-corrected chi connectivity index (χ3v) is 3.45. The first-order chi connectivity index (χ1) is 10.1. The Morgan fingerprint density at radius 3 is 2.76 bits per heavy atom. The van der Waals surface area contributed by atoms with E-state index in [1.54, 1.807) is 7.11 Å². The van der Waals surface area contributed by atoms with Crippen LogP contribution in [0.3, 0.4) is 0 Å². The minimum Gasteiger partial charge on any atom is -0.497 e. The number of benzene rings is 1. The van der Waals surface area contributed by atoms with Gasteiger partial charge in [0.15, 0.2) is 0 Å². The summed E-state index contributed by atoms with van der Waals surface area (Å²) < 4.78 is 5.24. The van der Waals surface area contributed by atoms with Crippen molar-refractivity contribution < 1.29 is 4.74 Å². The van der Waals surface area contributed by atoms with Crippen LogP contribution in [0.1, 0.15) is 11.1 Å². The van der Waals surface area contributed by atoms with Crippen molar-refractivity contribution in [3.05, 3.63) is 52.7 Å². The molecule has 21 heavy (non-hydrogen) atoms. The first-order valence-corrected chi connectivity index (χ1v) is 7.15. The standard InChI is InChI=1S/C16H20ClN3O/c1-18-9-13-8-15(17)16(19-10-13)20(2)11-12-5-4-6-14(7-12)21-3/h4-8,10,18H,9,11H2,1-3H3. The average Bonchev–Trinajstić information content (AvgIpc) is 2.47. The van der Waals surface area contributed by atoms with Gasteiger partial charge in [-0.15, -0.1) is 0 Å². The molecule has 0 saturated heterocycles. The third-order valence-electron chi connectivity index (χ3n) is 3.17. The lowest BCUT2D eigenvalue weighted by Crippen LogP contribution is -2.18. The van der Waals surface area contributed by atoms with Crippen LogP contribution in [0.4, 0.5) is 5.82 Å². The van der Waals surface area contributed by atoms with Gasteiger partial charge in [0.2, 0.25) is 0 Å². The van der Waals surface area contributed by atoms with Crippen molar-refractivity contribution in [2.45, 2.75) is 13.1 Å². The Morgan fingerprint density at radius 1 is 1.29 bits per heavy atom. The summed E-state index contributed by atoms with van der Waals surface area (Å²) in [5.74, 6) is 1.63. The fourth-order valence-corrected chi connectivity index (χ4v) is 2.50. The van der Waals surface area contributed by atoms with Gasteiger partial charge in [-0.1, -0.05) is 23.7 Å². The normalized spacial score (nSPS) is 10.5. The molecular formula is C16H20ClN3O. The minimum absolute atomic E-state index is 0.660. The molecule has 2 rings (SSSR count). The zero-order chi connectivity index (χ0) is 15.2. The Bertz CT molecular complexity index is 604. The minimum atomic E-state index is 0.660. The molecule has 1 N–H and O–H groups in total. The van der Waals surface area contributed by atoms with Crippen molar-refractivity contribution in [3.63, 3.8) is 0 Å². The van der Waals surface area contributed by atoms with E-state index in [1.807, 2.05) is 49.5 Å². The lowest BCUT2D eigenvalue weighted by atomic mass is 10.2. The maximum Gasteiger partial charge on any atom is 0.147 e. The van der Waals surface area contributed by atoms with Gasteiger partial charge in [0.05, 0.1) is 12.1 Å². The highest BCUT2D eigenvalue weighted by atomic mass is 35.5. The molecule has 0 spiro atoms. The molecule has 0 fully saturated rings. The third kappa shape index (κ3) is 4.09. The number of anilines is 1. The number of methoxy groups -OCH3 is 1. The van der Waals surface area contributed by atoms with Crippen molar-refractivity contribution in [1.29, 1.82) is 0 Å². The maximum absolute atomic E-state index is 6.33. The predicted molar refractivity (Wildman–Crippen MR) is 87.1 cm³/mol. The van der Waals surface area contributed by atoms with Crippen LogP contribution in [0.25, 0.3) is 0 Å². The summed E-state index contributed by atoms with van der Waals surface area (Å²) in [7, 11) is 5.55. The Balaban J connectivity index is 2.14. The zero-order valence-corrected chi connectivity index (χ0v) is 13.3. The molecule has 0 unspecified atom stereocenters. The predicted octanol–water partition coefficient (Wildman–Crippen LogP) is 3.10. The summed E-state index contributed by atoms with van der Waals surface area (Å²) in [5.41, 5.74) is 2.22. The number of rotatable bonds is 6. The number of aromatic nitrogens is 1. The second kappa shape index (κ2) is 7.29. The molecular weight excluding hydrogens is 286 g/mol. The number of hydrogen-bond donors (Lipinski definition) is 1. The second-order valence-electron chi connectivity index (χ2n) is 4.89. The quantitative estimate of drug-likeness (QED) is 0.890. The van der Waals surface area contributed by atoms with Gasteiger partial charge in [0.25, 0.3) is 0 Å². The Labute approximate surface area is 130 Å². The van der Waals surface area contributed by atoms with E-state index < -0.39 is 0 Å². The van der Waals surface area contributed by atoms with Crippen LogP contribution in [0.15, 0.2) is 36.5 Å². The molecule has 1 aromatic heterocycles. The molecule has 0 atom stereocenters. The van der Waals surface area contributed by atoms with Crippen LogP contribution in [0, 0.1) is 0 Å². The lowest BCUT2D eigenvalue weighted by molar-refractivity contribution is 0.414. The number of hydrogen-bond acceptors (Lipinski definition) is 4. The van der Waals surface area contributed by atoms with E-state index in [4.69, 9.17) is 16.3 Å². The van der Waals surface area contributed by atoms with Gasteiger partial charge in [-0.2, -0.15) is 0 Å². The number of nitrogens with zero attached hydrogens (tertiary/aromatic N) is 2. The molecule has 0 bridgehead atoms. The van der Waals surface area contributed by atoms with Gasteiger partial charge >= 0.3 is 0 Å². The summed E-state index contributed by atoms with van der Waals surface area (Å²) in [6, 6.07) is 9.93. The van der Waals surface area contributed by atoms with Crippen molar-refractivity contribution in [2.75, 3.05) is 26.1 Å². The first-order valence-electron chi connectivity index (χ1n) is 6.77. The summed E-state index contributed by atoms with van der Waals surface area (Å²) in [6.07, 6.45) is 1.85. The van der Waals surface area contributed by atoms with E-state index in [0.29, 0.717) is 5.02 Å². The highest BCUT2D eigenvalue weighted by Gasteiger charge is 2.09. The molecule has 112 valence electrons. The second-order valence-corrected chi connectivity index (χ2v) is 5.29. The van der Waals surface area contributed by atoms with E-state index in [2.05, 4.69) is 16.4 Å². The van der Waals surface area contributed by atoms with Crippen LogP contribution in [0.2, 0.25) is 5.02 Å². The summed E-state index contributed by atoms with van der Waals surface area (Å²) in [5, 5.41) is 3.75. The van der Waals surface area contributed by atoms with Crippen LogP contribution in [-0.2, 0) is 13.1 Å². The van der Waals surface area contributed by atoms with Crippen LogP contribution < -0.4 is 15.0 Å². The smallest absolute Gasteiger partial charge is 0.147 e. The van der Waals surface area contributed by atoms with Gasteiger partial charge in [-0.3, -0.25) is 0 Å². The molecule has 4 nitrogen and oxygen atoms in total. The molecule has 1 aromatic carbocycles. The van der Waals surface area contributed by atoms with Crippen molar-refractivity contribution in [3.8, 4) is 5.75 Å². The molecule has 0 radical (unpaired) electrons. The van der Waals surface area contributed by atoms with E-state index in [0.717, 1.165) is 35.8 Å². The van der Waals surface area contributed by atoms with Gasteiger partial charge in [-0.25, -0.2) is 4.98 Å². The molecule has 5 heteroatoms. The summed E-state index contributed by atoms with van der Waals surface area (Å²) >= 11 is 6.33. The molecule has 0 aliphatic carbocycles. The Hall–Kier alpha value is -1.78. The average molecular weight is 306 g/mol. The molecule has 0 amide bonds. The monoisotopic (exact) mass is 305 g/mol. The molecule has 0 aliphatic heterocycles. The van der Waals surface area contributed by atoms with Crippen molar-refractivity contribution in [1.82, 2.24) is 10.3 Å². The van der Waals surface area contributed by atoms with E-state index in [1.165, 1.54) is 0 Å². The van der Waals surface area contributed by atoms with Crippen LogP contribution >= 0.6 is 11.6 Å². The van der Waals surface area contributed by atoms with Gasteiger partial charge in [-0.05, 0) is 36.4 Å². The fraction of sp³-hybridized carbons (Fsp3) is 0.312. The largest absolute Gasteiger partial charge is 0.497 e. The number of ether oxygens (including phenoxy) is 1. The Morgan fingerprint density at radius 2 is 2.10 bits per heavy atom. The summed E-state index contributed by atoms with van der Waals surface area (Å²) in [6.45, 7) is 1.47. The topological polar surface area (TPSA) is 37.4 Å². The first kappa shape index (κ1) is 15.6. The van der Waals surface area contributed by atoms with E-state index in [-0.39, 0.29) is 0 Å². The SMILES string of the molecule is CNCc1cnc(N(C)Cc2cccc(OC)c2)c(Cl)c1. The molecule has 1 heterocycles. The number of pyridine rings is 1. The Kier molecular flexibility index (Phi) is 5.42. The van der Waals surface area contributed by atoms with E-state index >= 15 is 0 Å². The van der Waals surface area contributed by atoms with Gasteiger partial charge < -0.3 is 15.0 Å². The lowest BCUT2D eigenvalue weighted by Gasteiger charge is -2.20.